The van der Waals surface area contributed by atoms with Crippen molar-refractivity contribution < 1.29 is 28.6 Å². The van der Waals surface area contributed by atoms with Crippen molar-refractivity contribution in [3.63, 3.8) is 0 Å². The second kappa shape index (κ2) is 9.37. The second-order valence-corrected chi connectivity index (χ2v) is 8.59. The Morgan fingerprint density at radius 1 is 0.861 bits per heavy atom. The molecular formula is C28H26N2O6. The van der Waals surface area contributed by atoms with Crippen LogP contribution in [0.25, 0.3) is 0 Å². The molecule has 3 aromatic carbocycles. The summed E-state index contributed by atoms with van der Waals surface area (Å²) < 4.78 is 16.2. The van der Waals surface area contributed by atoms with Gasteiger partial charge in [0.25, 0.3) is 17.7 Å². The van der Waals surface area contributed by atoms with Crippen LogP contribution in [0.15, 0.2) is 54.6 Å². The molecule has 184 valence electrons. The zero-order valence-electron chi connectivity index (χ0n) is 20.4. The van der Waals surface area contributed by atoms with Crippen molar-refractivity contribution in [3.05, 3.63) is 82.4 Å². The van der Waals surface area contributed by atoms with E-state index in [0.29, 0.717) is 54.6 Å². The van der Waals surface area contributed by atoms with E-state index in [1.54, 1.807) is 55.5 Å². The van der Waals surface area contributed by atoms with Crippen LogP contribution in [0.4, 0.5) is 5.69 Å². The minimum absolute atomic E-state index is 0.196. The predicted octanol–water partition coefficient (Wildman–Crippen LogP) is 4.10. The van der Waals surface area contributed by atoms with Gasteiger partial charge in [0.15, 0.2) is 11.5 Å². The van der Waals surface area contributed by atoms with Gasteiger partial charge in [-0.15, -0.1) is 0 Å². The number of rotatable bonds is 6. The first-order chi connectivity index (χ1) is 17.4. The van der Waals surface area contributed by atoms with Crippen LogP contribution >= 0.6 is 0 Å². The van der Waals surface area contributed by atoms with Gasteiger partial charge in [0.1, 0.15) is 5.75 Å². The van der Waals surface area contributed by atoms with E-state index in [9.17, 15) is 14.4 Å². The number of ether oxygens (including phenoxy) is 3. The molecule has 0 saturated carbocycles. The Labute approximate surface area is 209 Å². The summed E-state index contributed by atoms with van der Waals surface area (Å²) >= 11 is 0. The first-order valence-corrected chi connectivity index (χ1v) is 11.7. The maximum Gasteiger partial charge on any atom is 0.266 e. The largest absolute Gasteiger partial charge is 0.494 e. The quantitative estimate of drug-likeness (QED) is 0.488. The van der Waals surface area contributed by atoms with E-state index in [1.165, 1.54) is 6.07 Å². The molecule has 3 amide bonds. The summed E-state index contributed by atoms with van der Waals surface area (Å²) in [5.41, 5.74) is 3.43. The number of carbonyl (C=O) groups excluding carboxylic acids is 3. The lowest BCUT2D eigenvalue weighted by Gasteiger charge is -2.29. The van der Waals surface area contributed by atoms with E-state index in [-0.39, 0.29) is 17.0 Å². The van der Waals surface area contributed by atoms with E-state index >= 15 is 0 Å². The molecule has 0 radical (unpaired) electrons. The number of carbonyl (C=O) groups is 3. The molecule has 5 rings (SSSR count). The maximum atomic E-state index is 13.4. The molecule has 0 fully saturated rings. The van der Waals surface area contributed by atoms with Gasteiger partial charge in [-0.1, -0.05) is 0 Å². The number of fused-ring (bicyclic) bond motifs is 2. The number of nitrogens with zero attached hydrogens (tertiary/aromatic N) is 2. The standard InChI is InChI=1S/C28H26N2O6/c1-4-36-21-8-6-20(7-9-21)30-27(32)22-10-5-18(13-23(22)28(30)33)26(31)29-12-11-17-14-24(34-2)25(35-3)15-19(17)16-29/h5-10,13-15H,4,11-12,16H2,1-3H3. The molecule has 0 saturated heterocycles. The lowest BCUT2D eigenvalue weighted by atomic mass is 9.97. The highest BCUT2D eigenvalue weighted by Crippen LogP contribution is 2.34. The van der Waals surface area contributed by atoms with Gasteiger partial charge in [-0.25, -0.2) is 4.90 Å². The number of anilines is 1. The second-order valence-electron chi connectivity index (χ2n) is 8.59. The van der Waals surface area contributed by atoms with Gasteiger partial charge in [0.2, 0.25) is 0 Å². The molecule has 2 aliphatic rings. The van der Waals surface area contributed by atoms with Crippen LogP contribution in [0.3, 0.4) is 0 Å². The van der Waals surface area contributed by atoms with E-state index < -0.39 is 11.8 Å². The van der Waals surface area contributed by atoms with Crippen molar-refractivity contribution in [3.8, 4) is 17.2 Å². The summed E-state index contributed by atoms with van der Waals surface area (Å²) in [6.45, 7) is 3.35. The fourth-order valence-electron chi connectivity index (χ4n) is 4.71. The van der Waals surface area contributed by atoms with Crippen LogP contribution in [0.5, 0.6) is 17.2 Å². The molecule has 2 heterocycles. The lowest BCUT2D eigenvalue weighted by molar-refractivity contribution is 0.0734. The molecule has 8 nitrogen and oxygen atoms in total. The minimum Gasteiger partial charge on any atom is -0.494 e. The topological polar surface area (TPSA) is 85.4 Å². The molecule has 36 heavy (non-hydrogen) atoms. The summed E-state index contributed by atoms with van der Waals surface area (Å²) in [6, 6.07) is 15.3. The Bertz CT molecular complexity index is 1370. The molecule has 0 spiro atoms. The number of imide groups is 1. The summed E-state index contributed by atoms with van der Waals surface area (Å²) in [7, 11) is 3.18. The van der Waals surface area contributed by atoms with Crippen molar-refractivity contribution in [2.45, 2.75) is 19.9 Å². The number of amides is 3. The molecule has 0 atom stereocenters. The van der Waals surface area contributed by atoms with Crippen LogP contribution in [0.1, 0.15) is 49.1 Å². The normalized spacial score (nSPS) is 14.4. The highest BCUT2D eigenvalue weighted by Gasteiger charge is 2.37. The van der Waals surface area contributed by atoms with Gasteiger partial charge in [-0.05, 0) is 79.1 Å². The van der Waals surface area contributed by atoms with Gasteiger partial charge in [-0.2, -0.15) is 0 Å². The van der Waals surface area contributed by atoms with Gasteiger partial charge in [0.05, 0.1) is 37.6 Å². The molecule has 3 aromatic rings. The zero-order valence-corrected chi connectivity index (χ0v) is 20.4. The van der Waals surface area contributed by atoms with E-state index in [1.807, 2.05) is 19.1 Å². The Balaban J connectivity index is 1.38. The van der Waals surface area contributed by atoms with Gasteiger partial charge < -0.3 is 19.1 Å². The summed E-state index contributed by atoms with van der Waals surface area (Å²) in [5.74, 6) is 0.875. The minimum atomic E-state index is -0.449. The number of methoxy groups -OCH3 is 2. The van der Waals surface area contributed by atoms with Gasteiger partial charge in [-0.3, -0.25) is 14.4 Å². The molecule has 8 heteroatoms. The SMILES string of the molecule is CCOc1ccc(N2C(=O)c3ccc(C(=O)N4CCc5cc(OC)c(OC)cc5C4)cc3C2=O)cc1. The lowest BCUT2D eigenvalue weighted by Crippen LogP contribution is -2.36. The first-order valence-electron chi connectivity index (χ1n) is 11.7. The highest BCUT2D eigenvalue weighted by molar-refractivity contribution is 6.34. The molecule has 2 aliphatic heterocycles. The van der Waals surface area contributed by atoms with Crippen LogP contribution in [0, 0.1) is 0 Å². The molecule has 0 aliphatic carbocycles. The number of hydrogen-bond acceptors (Lipinski definition) is 6. The third-order valence-corrected chi connectivity index (χ3v) is 6.54. The van der Waals surface area contributed by atoms with Gasteiger partial charge in [0, 0.05) is 18.7 Å². The third kappa shape index (κ3) is 3.94. The van der Waals surface area contributed by atoms with Gasteiger partial charge >= 0.3 is 0 Å². The fourth-order valence-corrected chi connectivity index (χ4v) is 4.71. The average molecular weight is 487 g/mol. The Kier molecular flexibility index (Phi) is 6.10. The maximum absolute atomic E-state index is 13.4. The van der Waals surface area contributed by atoms with Crippen molar-refractivity contribution in [2.75, 3.05) is 32.3 Å². The molecule has 0 bridgehead atoms. The first kappa shape index (κ1) is 23.4. The van der Waals surface area contributed by atoms with Crippen LogP contribution < -0.4 is 19.1 Å². The molecule has 0 aromatic heterocycles. The van der Waals surface area contributed by atoms with Crippen molar-refractivity contribution in [2.24, 2.45) is 0 Å². The van der Waals surface area contributed by atoms with Crippen LogP contribution in [0.2, 0.25) is 0 Å². The van der Waals surface area contributed by atoms with E-state index in [2.05, 4.69) is 0 Å². The van der Waals surface area contributed by atoms with E-state index in [0.717, 1.165) is 16.0 Å². The van der Waals surface area contributed by atoms with Crippen molar-refractivity contribution in [1.29, 1.82) is 0 Å². The summed E-state index contributed by atoms with van der Waals surface area (Å²) in [6.07, 6.45) is 0.676. The van der Waals surface area contributed by atoms with Crippen LogP contribution in [-0.2, 0) is 13.0 Å². The molecule has 0 N–H and O–H groups in total. The average Bonchev–Trinajstić information content (AvgIpc) is 3.16. The smallest absolute Gasteiger partial charge is 0.266 e. The van der Waals surface area contributed by atoms with Crippen molar-refractivity contribution >= 4 is 23.4 Å². The number of benzene rings is 3. The fraction of sp³-hybridized carbons (Fsp3) is 0.250. The van der Waals surface area contributed by atoms with Crippen molar-refractivity contribution in [1.82, 2.24) is 4.90 Å². The third-order valence-electron chi connectivity index (χ3n) is 6.54. The Morgan fingerprint density at radius 3 is 2.19 bits per heavy atom. The highest BCUT2D eigenvalue weighted by atomic mass is 16.5. The summed E-state index contributed by atoms with van der Waals surface area (Å²) in [4.78, 5) is 42.4. The van der Waals surface area contributed by atoms with E-state index in [4.69, 9.17) is 14.2 Å². The Hall–Kier alpha value is -4.33. The number of hydrogen-bond donors (Lipinski definition) is 0. The zero-order chi connectivity index (χ0) is 25.4. The Morgan fingerprint density at radius 2 is 1.53 bits per heavy atom. The molecular weight excluding hydrogens is 460 g/mol. The molecule has 0 unspecified atom stereocenters. The predicted molar refractivity (Wildman–Crippen MR) is 133 cm³/mol. The monoisotopic (exact) mass is 486 g/mol. The van der Waals surface area contributed by atoms with Crippen LogP contribution in [-0.4, -0.2) is 50.0 Å². The summed E-state index contributed by atoms with van der Waals surface area (Å²) in [5, 5.41) is 0.